The Bertz CT molecular complexity index is 1390. The van der Waals surface area contributed by atoms with Gasteiger partial charge in [-0.05, 0) is 44.2 Å². The van der Waals surface area contributed by atoms with Crippen LogP contribution in [0.5, 0.6) is 17.4 Å². The van der Waals surface area contributed by atoms with E-state index in [-0.39, 0.29) is 29.9 Å². The third-order valence-corrected chi connectivity index (χ3v) is 4.78. The van der Waals surface area contributed by atoms with Crippen LogP contribution < -0.4 is 9.47 Å². The van der Waals surface area contributed by atoms with Crippen LogP contribution in [0, 0.1) is 17.1 Å². The molecule has 9 heteroatoms. The van der Waals surface area contributed by atoms with Crippen LogP contribution in [-0.4, -0.2) is 29.3 Å². The normalized spacial score (nSPS) is 11.0. The number of nitriles is 1. The molecule has 4 aromatic rings. The highest BCUT2D eigenvalue weighted by Gasteiger charge is 2.20. The lowest BCUT2D eigenvalue weighted by Gasteiger charge is -2.12. The molecule has 0 saturated carbocycles. The molecule has 1 N–H and O–H groups in total. The molecule has 0 amide bonds. The number of hydrogen-bond acceptors (Lipinski definition) is 7. The van der Waals surface area contributed by atoms with Crippen LogP contribution in [0.25, 0.3) is 21.8 Å². The van der Waals surface area contributed by atoms with Gasteiger partial charge in [0.2, 0.25) is 5.88 Å². The van der Waals surface area contributed by atoms with Crippen molar-refractivity contribution in [2.45, 2.75) is 26.6 Å². The fourth-order valence-electron chi connectivity index (χ4n) is 3.47. The molecule has 0 radical (unpaired) electrons. The number of rotatable bonds is 6. The van der Waals surface area contributed by atoms with Gasteiger partial charge in [-0.2, -0.15) is 5.26 Å². The van der Waals surface area contributed by atoms with Crippen molar-refractivity contribution in [2.75, 3.05) is 7.11 Å². The first-order chi connectivity index (χ1) is 15.9. The molecule has 0 fully saturated rings. The molecular weight excluding hydrogens is 429 g/mol. The first-order valence-electron chi connectivity index (χ1n) is 10.1. The minimum Gasteiger partial charge on any atom is -0.453 e. The van der Waals surface area contributed by atoms with Crippen LogP contribution in [0.4, 0.5) is 9.18 Å². The van der Waals surface area contributed by atoms with Gasteiger partial charge in [-0.3, -0.25) is 0 Å². The Morgan fingerprint density at radius 3 is 2.79 bits per heavy atom. The smallest absolute Gasteiger partial charge is 0.453 e. The van der Waals surface area contributed by atoms with Crippen molar-refractivity contribution < 1.29 is 28.1 Å². The van der Waals surface area contributed by atoms with Crippen LogP contribution in [0.1, 0.15) is 25.0 Å². The molecule has 0 spiro atoms. The van der Waals surface area contributed by atoms with Gasteiger partial charge in [-0.1, -0.05) is 6.07 Å². The van der Waals surface area contributed by atoms with Crippen molar-refractivity contribution in [3.63, 3.8) is 0 Å². The summed E-state index contributed by atoms with van der Waals surface area (Å²) in [4.78, 5) is 19.5. The van der Waals surface area contributed by atoms with Crippen LogP contribution in [0.15, 0.2) is 42.6 Å². The lowest BCUT2D eigenvalue weighted by Crippen LogP contribution is -2.17. The molecule has 0 atom stereocenters. The number of hydrogen-bond donors (Lipinski definition) is 1. The summed E-state index contributed by atoms with van der Waals surface area (Å²) in [7, 11) is 1.51. The minimum atomic E-state index is -0.873. The van der Waals surface area contributed by atoms with Crippen LogP contribution in [0.3, 0.4) is 0 Å². The molecule has 2 heterocycles. The summed E-state index contributed by atoms with van der Waals surface area (Å²) in [6.45, 7) is 3.53. The maximum atomic E-state index is 14.3. The molecule has 33 heavy (non-hydrogen) atoms. The van der Waals surface area contributed by atoms with E-state index >= 15 is 0 Å². The number of aromatic nitrogens is 2. The van der Waals surface area contributed by atoms with Gasteiger partial charge in [0.25, 0.3) is 0 Å². The second-order valence-electron chi connectivity index (χ2n) is 7.45. The van der Waals surface area contributed by atoms with Gasteiger partial charge >= 0.3 is 6.16 Å². The van der Waals surface area contributed by atoms with E-state index in [2.05, 4.69) is 9.97 Å². The monoisotopic (exact) mass is 449 g/mol. The number of nitrogens with zero attached hydrogens (tertiary/aromatic N) is 2. The van der Waals surface area contributed by atoms with Gasteiger partial charge in [0, 0.05) is 23.4 Å². The Hall–Kier alpha value is -4.16. The maximum absolute atomic E-state index is 14.3. The number of methoxy groups -OCH3 is 1. The van der Waals surface area contributed by atoms with Crippen molar-refractivity contribution in [3.8, 4) is 23.4 Å². The van der Waals surface area contributed by atoms with E-state index in [1.54, 1.807) is 32.0 Å². The predicted octanol–water partition coefficient (Wildman–Crippen LogP) is 5.59. The summed E-state index contributed by atoms with van der Waals surface area (Å²) in [5.41, 5.74) is 2.05. The molecule has 0 aliphatic carbocycles. The third kappa shape index (κ3) is 4.42. The second kappa shape index (κ2) is 9.14. The zero-order valence-electron chi connectivity index (χ0n) is 18.1. The van der Waals surface area contributed by atoms with E-state index in [0.717, 1.165) is 5.52 Å². The standard InChI is InChI=1S/C24H20FN3O5/c1-13(2)31-24(29)33-23-17(12-30-3)21-16-9-15(7-8-19(16)28-20(21)11-27-23)32-22-14(10-26)5-4-6-18(22)25/h4-9,11,13,28H,12H2,1-3H3. The van der Waals surface area contributed by atoms with E-state index in [1.807, 2.05) is 6.07 Å². The number of H-pyrrole nitrogens is 1. The number of ether oxygens (including phenoxy) is 4. The first kappa shape index (κ1) is 22.0. The average Bonchev–Trinajstić information content (AvgIpc) is 3.14. The highest BCUT2D eigenvalue weighted by Crippen LogP contribution is 2.36. The maximum Gasteiger partial charge on any atom is 0.515 e. The number of fused-ring (bicyclic) bond motifs is 3. The van der Waals surface area contributed by atoms with Crippen molar-refractivity contribution in [1.29, 1.82) is 5.26 Å². The fraction of sp³-hybridized carbons (Fsp3) is 0.208. The van der Waals surface area contributed by atoms with Gasteiger partial charge in [0.15, 0.2) is 11.6 Å². The Morgan fingerprint density at radius 1 is 1.24 bits per heavy atom. The highest BCUT2D eigenvalue weighted by molar-refractivity contribution is 6.09. The number of pyridine rings is 1. The van der Waals surface area contributed by atoms with Crippen molar-refractivity contribution in [1.82, 2.24) is 9.97 Å². The average molecular weight is 449 g/mol. The van der Waals surface area contributed by atoms with Gasteiger partial charge < -0.3 is 23.9 Å². The Morgan fingerprint density at radius 2 is 2.06 bits per heavy atom. The predicted molar refractivity (Wildman–Crippen MR) is 118 cm³/mol. The first-order valence-corrected chi connectivity index (χ1v) is 10.1. The molecule has 4 rings (SSSR count). The summed E-state index contributed by atoms with van der Waals surface area (Å²) in [5, 5.41) is 10.7. The quantitative estimate of drug-likeness (QED) is 0.382. The molecule has 8 nitrogen and oxygen atoms in total. The Kier molecular flexibility index (Phi) is 6.11. The summed E-state index contributed by atoms with van der Waals surface area (Å²) in [5.74, 6) is -0.412. The Labute approximate surface area is 188 Å². The second-order valence-corrected chi connectivity index (χ2v) is 7.45. The summed E-state index contributed by atoms with van der Waals surface area (Å²) in [6.07, 6.45) is 0.315. The summed E-state index contributed by atoms with van der Waals surface area (Å²) < 4.78 is 35.7. The molecule has 0 aliphatic heterocycles. The molecule has 168 valence electrons. The number of para-hydroxylation sites is 1. The number of nitrogens with one attached hydrogen (secondary N) is 1. The minimum absolute atomic E-state index is 0.0584. The zero-order valence-corrected chi connectivity index (χ0v) is 18.1. The summed E-state index contributed by atoms with van der Waals surface area (Å²) in [6, 6.07) is 11.2. The molecule has 2 aromatic heterocycles. The van der Waals surface area contributed by atoms with Crippen LogP contribution >= 0.6 is 0 Å². The number of benzene rings is 2. The fourth-order valence-corrected chi connectivity index (χ4v) is 3.47. The van der Waals surface area contributed by atoms with Crippen molar-refractivity contribution in [3.05, 3.63) is 59.5 Å². The lowest BCUT2D eigenvalue weighted by molar-refractivity contribution is 0.0705. The van der Waals surface area contributed by atoms with E-state index in [9.17, 15) is 14.4 Å². The van der Waals surface area contributed by atoms with Crippen LogP contribution in [0.2, 0.25) is 0 Å². The van der Waals surface area contributed by atoms with E-state index in [0.29, 0.717) is 27.6 Å². The highest BCUT2D eigenvalue weighted by atomic mass is 19.1. The zero-order chi connectivity index (χ0) is 23.5. The number of aromatic amines is 1. The molecule has 0 unspecified atom stereocenters. The molecule has 2 aromatic carbocycles. The van der Waals surface area contributed by atoms with Gasteiger partial charge in [0.05, 0.1) is 35.6 Å². The largest absolute Gasteiger partial charge is 0.515 e. The van der Waals surface area contributed by atoms with E-state index in [1.165, 1.54) is 31.5 Å². The van der Waals surface area contributed by atoms with Crippen molar-refractivity contribution in [2.24, 2.45) is 0 Å². The van der Waals surface area contributed by atoms with Gasteiger partial charge in [-0.25, -0.2) is 14.2 Å². The SMILES string of the molecule is COCc1c(OC(=O)OC(C)C)ncc2[nH]c3ccc(Oc4c(F)cccc4C#N)cc3c12. The third-order valence-electron chi connectivity index (χ3n) is 4.78. The van der Waals surface area contributed by atoms with Crippen molar-refractivity contribution >= 4 is 28.0 Å². The Balaban J connectivity index is 1.82. The van der Waals surface area contributed by atoms with E-state index in [4.69, 9.17) is 18.9 Å². The molecular formula is C24H20FN3O5. The molecule has 0 aliphatic rings. The van der Waals surface area contributed by atoms with Gasteiger partial charge in [-0.15, -0.1) is 0 Å². The van der Waals surface area contributed by atoms with Gasteiger partial charge in [0.1, 0.15) is 11.8 Å². The number of carbonyl (C=O) groups excluding carboxylic acids is 1. The summed E-state index contributed by atoms with van der Waals surface area (Å²) >= 11 is 0. The van der Waals surface area contributed by atoms with Crippen LogP contribution in [-0.2, 0) is 16.1 Å². The molecule has 0 saturated heterocycles. The van der Waals surface area contributed by atoms with E-state index < -0.39 is 12.0 Å². The number of carbonyl (C=O) groups is 1. The lowest BCUT2D eigenvalue weighted by atomic mass is 10.1. The topological polar surface area (TPSA) is 106 Å². The number of halogens is 1. The molecule has 0 bridgehead atoms.